The molecular formula is C15H13N3O2. The molecule has 2 heterocycles. The van der Waals surface area contributed by atoms with E-state index in [0.717, 1.165) is 10.9 Å². The predicted molar refractivity (Wildman–Crippen MR) is 76.6 cm³/mol. The summed E-state index contributed by atoms with van der Waals surface area (Å²) in [6, 6.07) is 8.52. The molecular weight excluding hydrogens is 254 g/mol. The highest BCUT2D eigenvalue weighted by Gasteiger charge is 2.09. The van der Waals surface area contributed by atoms with E-state index in [1.807, 2.05) is 6.07 Å². The Kier molecular flexibility index (Phi) is 2.75. The Hall–Kier alpha value is -2.69. The second-order valence-corrected chi connectivity index (χ2v) is 4.66. The third-order valence-electron chi connectivity index (χ3n) is 3.35. The fourth-order valence-corrected chi connectivity index (χ4v) is 2.07. The summed E-state index contributed by atoms with van der Waals surface area (Å²) < 4.78 is 1.50. The Morgan fingerprint density at radius 2 is 2.00 bits per heavy atom. The molecule has 5 heteroatoms. The monoisotopic (exact) mass is 267 g/mol. The van der Waals surface area contributed by atoms with Gasteiger partial charge in [0.15, 0.2) is 0 Å². The van der Waals surface area contributed by atoms with E-state index in [-0.39, 0.29) is 11.3 Å². The summed E-state index contributed by atoms with van der Waals surface area (Å²) in [4.78, 5) is 20.9. The number of rotatable bonds is 1. The lowest BCUT2D eigenvalue weighted by molar-refractivity contribution is 0.476. The molecule has 0 bridgehead atoms. The number of aryl methyl sites for hydroxylation is 1. The van der Waals surface area contributed by atoms with Crippen molar-refractivity contribution in [1.29, 1.82) is 0 Å². The average Bonchev–Trinajstić information content (AvgIpc) is 2.44. The smallest absolute Gasteiger partial charge is 0.262 e. The van der Waals surface area contributed by atoms with Crippen molar-refractivity contribution in [3.05, 3.63) is 52.7 Å². The summed E-state index contributed by atoms with van der Waals surface area (Å²) in [5, 5.41) is 10.3. The van der Waals surface area contributed by atoms with Crippen molar-refractivity contribution in [2.45, 2.75) is 6.92 Å². The zero-order valence-corrected chi connectivity index (χ0v) is 11.2. The number of aromatic nitrogens is 3. The standard InChI is InChI=1S/C15H13N3O2/c1-9-16-8-12(15(20)18(9)2)14-5-3-10-7-11(19)4-6-13(10)17-14/h3-8,19H,1-2H3. The van der Waals surface area contributed by atoms with Gasteiger partial charge in [-0.15, -0.1) is 0 Å². The molecule has 0 amide bonds. The van der Waals surface area contributed by atoms with Gasteiger partial charge in [-0.25, -0.2) is 9.97 Å². The van der Waals surface area contributed by atoms with Gasteiger partial charge in [-0.1, -0.05) is 6.07 Å². The van der Waals surface area contributed by atoms with Gasteiger partial charge in [0.25, 0.3) is 5.56 Å². The van der Waals surface area contributed by atoms with Crippen LogP contribution in [0.3, 0.4) is 0 Å². The summed E-state index contributed by atoms with van der Waals surface area (Å²) in [7, 11) is 1.69. The van der Waals surface area contributed by atoms with E-state index in [1.54, 1.807) is 44.4 Å². The largest absolute Gasteiger partial charge is 0.508 e. The van der Waals surface area contributed by atoms with E-state index in [0.29, 0.717) is 17.1 Å². The van der Waals surface area contributed by atoms with Crippen molar-refractivity contribution in [2.75, 3.05) is 0 Å². The van der Waals surface area contributed by atoms with Crippen LogP contribution in [0.15, 0.2) is 41.3 Å². The first-order valence-corrected chi connectivity index (χ1v) is 6.19. The second kappa shape index (κ2) is 4.45. The topological polar surface area (TPSA) is 68.0 Å². The van der Waals surface area contributed by atoms with Crippen LogP contribution in [-0.4, -0.2) is 19.6 Å². The zero-order chi connectivity index (χ0) is 14.3. The third-order valence-corrected chi connectivity index (χ3v) is 3.35. The Morgan fingerprint density at radius 1 is 1.20 bits per heavy atom. The minimum atomic E-state index is -0.122. The molecule has 3 aromatic rings. The van der Waals surface area contributed by atoms with Crippen LogP contribution in [-0.2, 0) is 7.05 Å². The van der Waals surface area contributed by atoms with Crippen LogP contribution < -0.4 is 5.56 Å². The van der Waals surface area contributed by atoms with Gasteiger partial charge in [0, 0.05) is 18.6 Å². The molecule has 0 atom stereocenters. The van der Waals surface area contributed by atoms with Crippen molar-refractivity contribution in [2.24, 2.45) is 7.05 Å². The number of nitrogens with zero attached hydrogens (tertiary/aromatic N) is 3. The summed E-state index contributed by atoms with van der Waals surface area (Å²) in [5.74, 6) is 0.851. The van der Waals surface area contributed by atoms with E-state index in [2.05, 4.69) is 9.97 Å². The molecule has 0 aliphatic rings. The van der Waals surface area contributed by atoms with E-state index in [1.165, 1.54) is 4.57 Å². The first kappa shape index (κ1) is 12.3. The van der Waals surface area contributed by atoms with Crippen LogP contribution >= 0.6 is 0 Å². The molecule has 3 rings (SSSR count). The summed E-state index contributed by atoms with van der Waals surface area (Å²) in [5.41, 5.74) is 1.65. The number of aromatic hydroxyl groups is 1. The van der Waals surface area contributed by atoms with E-state index in [4.69, 9.17) is 0 Å². The van der Waals surface area contributed by atoms with Gasteiger partial charge in [-0.3, -0.25) is 9.36 Å². The van der Waals surface area contributed by atoms with Gasteiger partial charge in [0.1, 0.15) is 11.6 Å². The first-order valence-electron chi connectivity index (χ1n) is 6.19. The number of fused-ring (bicyclic) bond motifs is 1. The number of phenols is 1. The van der Waals surface area contributed by atoms with E-state index in [9.17, 15) is 9.90 Å². The summed E-state index contributed by atoms with van der Waals surface area (Å²) in [6.07, 6.45) is 1.55. The molecule has 0 radical (unpaired) electrons. The Balaban J connectivity index is 2.23. The normalized spacial score (nSPS) is 10.9. The molecule has 2 aromatic heterocycles. The minimum Gasteiger partial charge on any atom is -0.508 e. The maximum Gasteiger partial charge on any atom is 0.262 e. The van der Waals surface area contributed by atoms with Gasteiger partial charge >= 0.3 is 0 Å². The zero-order valence-electron chi connectivity index (χ0n) is 11.2. The maximum absolute atomic E-state index is 12.2. The molecule has 0 saturated carbocycles. The molecule has 100 valence electrons. The number of hydrogen-bond donors (Lipinski definition) is 1. The van der Waals surface area contributed by atoms with Gasteiger partial charge in [0.2, 0.25) is 0 Å². The second-order valence-electron chi connectivity index (χ2n) is 4.66. The predicted octanol–water partition coefficient (Wildman–Crippen LogP) is 2.01. The van der Waals surface area contributed by atoms with Crippen molar-refractivity contribution >= 4 is 10.9 Å². The van der Waals surface area contributed by atoms with Crippen LogP contribution in [0.25, 0.3) is 22.2 Å². The van der Waals surface area contributed by atoms with Gasteiger partial charge in [-0.05, 0) is 31.2 Å². The lowest BCUT2D eigenvalue weighted by Gasteiger charge is -2.06. The highest BCUT2D eigenvalue weighted by Crippen LogP contribution is 2.21. The number of pyridine rings is 1. The SMILES string of the molecule is Cc1ncc(-c2ccc3cc(O)ccc3n2)c(=O)n1C. The van der Waals surface area contributed by atoms with Gasteiger partial charge < -0.3 is 5.11 Å². The fourth-order valence-electron chi connectivity index (χ4n) is 2.07. The fraction of sp³-hybridized carbons (Fsp3) is 0.133. The molecule has 0 spiro atoms. The quantitative estimate of drug-likeness (QED) is 0.732. The molecule has 1 aromatic carbocycles. The first-order chi connectivity index (χ1) is 9.56. The van der Waals surface area contributed by atoms with E-state index >= 15 is 0 Å². The maximum atomic E-state index is 12.2. The molecule has 20 heavy (non-hydrogen) atoms. The lowest BCUT2D eigenvalue weighted by Crippen LogP contribution is -2.22. The third kappa shape index (κ3) is 1.93. The highest BCUT2D eigenvalue weighted by molar-refractivity contribution is 5.82. The number of benzene rings is 1. The van der Waals surface area contributed by atoms with Crippen LogP contribution in [0.1, 0.15) is 5.82 Å². The van der Waals surface area contributed by atoms with Gasteiger partial charge in [0.05, 0.1) is 16.8 Å². The molecule has 0 aliphatic heterocycles. The van der Waals surface area contributed by atoms with Crippen molar-refractivity contribution < 1.29 is 5.11 Å². The molecule has 0 aliphatic carbocycles. The molecule has 0 fully saturated rings. The van der Waals surface area contributed by atoms with Crippen LogP contribution in [0.4, 0.5) is 0 Å². The van der Waals surface area contributed by atoms with Crippen molar-refractivity contribution in [3.8, 4) is 17.0 Å². The van der Waals surface area contributed by atoms with Crippen molar-refractivity contribution in [1.82, 2.24) is 14.5 Å². The van der Waals surface area contributed by atoms with Gasteiger partial charge in [-0.2, -0.15) is 0 Å². The summed E-state index contributed by atoms with van der Waals surface area (Å²) in [6.45, 7) is 1.78. The number of hydrogen-bond acceptors (Lipinski definition) is 4. The molecule has 1 N–H and O–H groups in total. The molecule has 0 saturated heterocycles. The Bertz CT molecular complexity index is 869. The molecule has 5 nitrogen and oxygen atoms in total. The van der Waals surface area contributed by atoms with E-state index < -0.39 is 0 Å². The lowest BCUT2D eigenvalue weighted by atomic mass is 10.1. The Labute approximate surface area is 115 Å². The summed E-state index contributed by atoms with van der Waals surface area (Å²) >= 11 is 0. The average molecular weight is 267 g/mol. The van der Waals surface area contributed by atoms with Crippen LogP contribution in [0, 0.1) is 6.92 Å². The Morgan fingerprint density at radius 3 is 2.80 bits per heavy atom. The molecule has 0 unspecified atom stereocenters. The van der Waals surface area contributed by atoms with Crippen LogP contribution in [0.2, 0.25) is 0 Å². The highest BCUT2D eigenvalue weighted by atomic mass is 16.3. The minimum absolute atomic E-state index is 0.122. The van der Waals surface area contributed by atoms with Crippen LogP contribution in [0.5, 0.6) is 5.75 Å². The van der Waals surface area contributed by atoms with Crippen molar-refractivity contribution in [3.63, 3.8) is 0 Å². The number of phenolic OH excluding ortho intramolecular Hbond substituents is 1.